The molecule has 0 aliphatic rings. The first-order chi connectivity index (χ1) is 11.4. The van der Waals surface area contributed by atoms with E-state index in [9.17, 15) is 9.59 Å². The molecule has 0 aromatic heterocycles. The van der Waals surface area contributed by atoms with Crippen LogP contribution in [0.15, 0.2) is 30.3 Å². The van der Waals surface area contributed by atoms with E-state index < -0.39 is 11.9 Å². The Kier molecular flexibility index (Phi) is 8.81. The third-order valence-electron chi connectivity index (χ3n) is 2.96. The van der Waals surface area contributed by atoms with E-state index in [2.05, 4.69) is 10.6 Å². The van der Waals surface area contributed by atoms with Crippen molar-refractivity contribution >= 4 is 12.0 Å². The van der Waals surface area contributed by atoms with Gasteiger partial charge in [-0.05, 0) is 19.4 Å². The minimum Gasteiger partial charge on any atom is -0.445 e. The topological polar surface area (TPSA) is 85.9 Å². The summed E-state index contributed by atoms with van der Waals surface area (Å²) >= 11 is 0. The molecule has 0 saturated heterocycles. The van der Waals surface area contributed by atoms with E-state index in [4.69, 9.17) is 14.2 Å². The summed E-state index contributed by atoms with van der Waals surface area (Å²) in [5.74, 6) is -0.899. The number of nitrogens with one attached hydrogen (secondary N) is 2. The Balaban J connectivity index is 2.08. The van der Waals surface area contributed by atoms with Gasteiger partial charge in [-0.1, -0.05) is 30.3 Å². The van der Waals surface area contributed by atoms with Crippen LogP contribution in [0.2, 0.25) is 0 Å². The van der Waals surface area contributed by atoms with E-state index >= 15 is 0 Å². The van der Waals surface area contributed by atoms with E-state index in [1.807, 2.05) is 30.3 Å². The van der Waals surface area contributed by atoms with Crippen molar-refractivity contribution in [1.29, 1.82) is 0 Å². The lowest BCUT2D eigenvalue weighted by Crippen LogP contribution is -2.36. The highest BCUT2D eigenvalue weighted by atomic mass is 16.7. The van der Waals surface area contributed by atoms with Crippen molar-refractivity contribution in [3.63, 3.8) is 0 Å². The zero-order valence-corrected chi connectivity index (χ0v) is 14.5. The Bertz CT molecular complexity index is 505. The van der Waals surface area contributed by atoms with Crippen LogP contribution in [0.4, 0.5) is 4.79 Å². The molecular formula is C17H26N2O5. The monoisotopic (exact) mass is 338 g/mol. The Morgan fingerprint density at radius 2 is 1.58 bits per heavy atom. The molecule has 2 amide bonds. The summed E-state index contributed by atoms with van der Waals surface area (Å²) in [7, 11) is 0. The van der Waals surface area contributed by atoms with Crippen molar-refractivity contribution in [3.8, 4) is 0 Å². The molecule has 0 aliphatic carbocycles. The van der Waals surface area contributed by atoms with Crippen molar-refractivity contribution in [2.45, 2.75) is 33.2 Å². The number of hydrogen-bond acceptors (Lipinski definition) is 5. The van der Waals surface area contributed by atoms with Crippen LogP contribution >= 0.6 is 0 Å². The van der Waals surface area contributed by atoms with Gasteiger partial charge < -0.3 is 24.8 Å². The summed E-state index contributed by atoms with van der Waals surface area (Å²) in [6.45, 7) is 6.59. The number of benzene rings is 1. The number of ether oxygens (including phenoxy) is 3. The van der Waals surface area contributed by atoms with Gasteiger partial charge in [0.2, 0.25) is 5.91 Å². The van der Waals surface area contributed by atoms with E-state index in [1.165, 1.54) is 6.92 Å². The molecule has 0 atom stereocenters. The molecule has 0 radical (unpaired) electrons. The molecular weight excluding hydrogens is 312 g/mol. The molecule has 0 aliphatic heterocycles. The zero-order chi connectivity index (χ0) is 17.8. The van der Waals surface area contributed by atoms with Crippen molar-refractivity contribution in [2.75, 3.05) is 26.3 Å². The van der Waals surface area contributed by atoms with Gasteiger partial charge in [0.25, 0.3) is 0 Å². The van der Waals surface area contributed by atoms with Gasteiger partial charge in [0.05, 0.1) is 13.2 Å². The van der Waals surface area contributed by atoms with E-state index in [0.717, 1.165) is 5.56 Å². The summed E-state index contributed by atoms with van der Waals surface area (Å²) in [6, 6.07) is 9.45. The number of hydrogen-bond donors (Lipinski definition) is 2. The molecule has 1 aromatic rings. The number of rotatable bonds is 10. The molecule has 1 rings (SSSR count). The zero-order valence-electron chi connectivity index (χ0n) is 14.5. The van der Waals surface area contributed by atoms with Crippen LogP contribution in [-0.4, -0.2) is 44.1 Å². The number of alkyl carbamates (subject to hydrolysis) is 1. The second kappa shape index (κ2) is 10.6. The predicted octanol–water partition coefficient (Wildman–Crippen LogP) is 1.82. The second-order valence-corrected chi connectivity index (χ2v) is 5.57. The molecule has 7 nitrogen and oxygen atoms in total. The normalized spacial score (nSPS) is 11.0. The number of carbonyl (C=O) groups is 2. The van der Waals surface area contributed by atoms with Gasteiger partial charge in [-0.2, -0.15) is 0 Å². The molecule has 0 spiro atoms. The number of carbonyl (C=O) groups excluding carboxylic acids is 2. The lowest BCUT2D eigenvalue weighted by molar-refractivity contribution is -0.211. The molecule has 134 valence electrons. The molecule has 1 aromatic carbocycles. The predicted molar refractivity (Wildman–Crippen MR) is 89.3 cm³/mol. The maximum absolute atomic E-state index is 11.6. The maximum atomic E-state index is 11.6. The first-order valence-electron chi connectivity index (χ1n) is 7.86. The summed E-state index contributed by atoms with van der Waals surface area (Å²) in [6.07, 6.45) is -0.494. The first kappa shape index (κ1) is 19.9. The van der Waals surface area contributed by atoms with Crippen LogP contribution in [0.5, 0.6) is 0 Å². The molecule has 0 heterocycles. The second-order valence-electron chi connectivity index (χ2n) is 5.57. The van der Waals surface area contributed by atoms with Gasteiger partial charge in [0, 0.05) is 20.0 Å². The quantitative estimate of drug-likeness (QED) is 0.502. The fraction of sp³-hybridized carbons (Fsp3) is 0.529. The van der Waals surface area contributed by atoms with Gasteiger partial charge in [-0.3, -0.25) is 4.79 Å². The highest BCUT2D eigenvalue weighted by Crippen LogP contribution is 2.10. The van der Waals surface area contributed by atoms with E-state index in [-0.39, 0.29) is 19.1 Å². The summed E-state index contributed by atoms with van der Waals surface area (Å²) in [5.41, 5.74) is 0.928. The molecule has 24 heavy (non-hydrogen) atoms. The fourth-order valence-electron chi connectivity index (χ4n) is 1.79. The van der Waals surface area contributed by atoms with Crippen LogP contribution in [0.25, 0.3) is 0 Å². The van der Waals surface area contributed by atoms with Crippen LogP contribution in [-0.2, 0) is 25.6 Å². The van der Waals surface area contributed by atoms with Crippen LogP contribution in [0.3, 0.4) is 0 Å². The average molecular weight is 338 g/mol. The van der Waals surface area contributed by atoms with E-state index in [0.29, 0.717) is 19.7 Å². The lowest BCUT2D eigenvalue weighted by Gasteiger charge is -2.25. The maximum Gasteiger partial charge on any atom is 0.407 e. The highest BCUT2D eigenvalue weighted by Gasteiger charge is 2.18. The average Bonchev–Trinajstić information content (AvgIpc) is 2.55. The molecule has 2 N–H and O–H groups in total. The molecule has 0 fully saturated rings. The van der Waals surface area contributed by atoms with E-state index in [1.54, 1.807) is 13.8 Å². The first-order valence-corrected chi connectivity index (χ1v) is 7.86. The fourth-order valence-corrected chi connectivity index (χ4v) is 1.79. The SMILES string of the molecule is CC(=O)NCCOC(C)(C)OCCNC(=O)OCc1ccccc1. The Hall–Kier alpha value is -2.12. The molecule has 0 bridgehead atoms. The van der Waals surface area contributed by atoms with Gasteiger partial charge in [-0.15, -0.1) is 0 Å². The molecule has 7 heteroatoms. The summed E-state index contributed by atoms with van der Waals surface area (Å²) in [4.78, 5) is 22.3. The summed E-state index contributed by atoms with van der Waals surface area (Å²) in [5, 5.41) is 5.24. The van der Waals surface area contributed by atoms with Gasteiger partial charge in [-0.25, -0.2) is 4.79 Å². The van der Waals surface area contributed by atoms with Gasteiger partial charge >= 0.3 is 6.09 Å². The Morgan fingerprint density at radius 1 is 1.00 bits per heavy atom. The van der Waals surface area contributed by atoms with Crippen LogP contribution < -0.4 is 10.6 Å². The highest BCUT2D eigenvalue weighted by molar-refractivity contribution is 5.72. The third kappa shape index (κ3) is 9.81. The Labute approximate surface area is 142 Å². The van der Waals surface area contributed by atoms with Crippen LogP contribution in [0, 0.1) is 0 Å². The van der Waals surface area contributed by atoms with Gasteiger partial charge in [0.15, 0.2) is 5.79 Å². The largest absolute Gasteiger partial charge is 0.445 e. The minimum atomic E-state index is -0.798. The Morgan fingerprint density at radius 3 is 2.17 bits per heavy atom. The third-order valence-corrected chi connectivity index (χ3v) is 2.96. The standard InChI is InChI=1S/C17H26N2O5/c1-14(20)18-9-11-23-17(2,3)24-12-10-19-16(21)22-13-15-7-5-4-6-8-15/h4-8H,9-13H2,1-3H3,(H,18,20)(H,19,21). The molecule has 0 unspecified atom stereocenters. The van der Waals surface area contributed by atoms with Crippen molar-refractivity contribution in [3.05, 3.63) is 35.9 Å². The number of amides is 2. The van der Waals surface area contributed by atoms with Crippen molar-refractivity contribution in [2.24, 2.45) is 0 Å². The summed E-state index contributed by atoms with van der Waals surface area (Å²) < 4.78 is 16.1. The lowest BCUT2D eigenvalue weighted by atomic mass is 10.2. The molecule has 0 saturated carbocycles. The van der Waals surface area contributed by atoms with Crippen molar-refractivity contribution in [1.82, 2.24) is 10.6 Å². The van der Waals surface area contributed by atoms with Crippen molar-refractivity contribution < 1.29 is 23.8 Å². The van der Waals surface area contributed by atoms with Crippen LogP contribution in [0.1, 0.15) is 26.3 Å². The minimum absolute atomic E-state index is 0.101. The van der Waals surface area contributed by atoms with Gasteiger partial charge in [0.1, 0.15) is 6.61 Å². The smallest absolute Gasteiger partial charge is 0.407 e.